The molecule has 1 aromatic carbocycles. The summed E-state index contributed by atoms with van der Waals surface area (Å²) in [5, 5.41) is 13.8. The van der Waals surface area contributed by atoms with Gasteiger partial charge in [-0.2, -0.15) is 0 Å². The molecular formula is C11H11Br3N2O3. The summed E-state index contributed by atoms with van der Waals surface area (Å²) < 4.78 is 2.26. The van der Waals surface area contributed by atoms with Crippen LogP contribution in [0.1, 0.15) is 13.3 Å². The van der Waals surface area contributed by atoms with E-state index < -0.39 is 18.0 Å². The smallest absolute Gasteiger partial charge is 0.319 e. The first-order valence-corrected chi connectivity index (χ1v) is 7.61. The molecule has 0 aromatic heterocycles. The molecule has 0 bridgehead atoms. The number of benzene rings is 1. The van der Waals surface area contributed by atoms with Crippen LogP contribution in [0.15, 0.2) is 25.6 Å². The van der Waals surface area contributed by atoms with Crippen molar-refractivity contribution >= 4 is 65.5 Å². The highest BCUT2D eigenvalue weighted by Crippen LogP contribution is 2.34. The van der Waals surface area contributed by atoms with Crippen molar-refractivity contribution in [3.8, 4) is 0 Å². The Morgan fingerprint density at radius 3 is 2.26 bits per heavy atom. The first-order chi connectivity index (χ1) is 8.79. The topological polar surface area (TPSA) is 78.4 Å². The van der Waals surface area contributed by atoms with Crippen LogP contribution in [0.2, 0.25) is 0 Å². The number of carboxylic acids is 1. The molecule has 0 spiro atoms. The van der Waals surface area contributed by atoms with Crippen LogP contribution in [0.4, 0.5) is 10.5 Å². The minimum Gasteiger partial charge on any atom is -0.481 e. The van der Waals surface area contributed by atoms with E-state index in [0.717, 1.165) is 4.47 Å². The monoisotopic (exact) mass is 456 g/mol. The maximum absolute atomic E-state index is 11.7. The molecule has 1 aromatic rings. The Morgan fingerprint density at radius 1 is 1.26 bits per heavy atom. The van der Waals surface area contributed by atoms with Crippen LogP contribution in [0.3, 0.4) is 0 Å². The van der Waals surface area contributed by atoms with Gasteiger partial charge >= 0.3 is 12.0 Å². The highest BCUT2D eigenvalue weighted by Gasteiger charge is 2.14. The minimum atomic E-state index is -0.959. The first kappa shape index (κ1) is 16.5. The maximum atomic E-state index is 11.7. The van der Waals surface area contributed by atoms with Crippen molar-refractivity contribution < 1.29 is 14.7 Å². The fourth-order valence-corrected chi connectivity index (χ4v) is 3.80. The zero-order chi connectivity index (χ0) is 14.6. The molecule has 0 aliphatic rings. The molecule has 0 aliphatic heterocycles. The number of nitrogens with one attached hydrogen (secondary N) is 2. The first-order valence-electron chi connectivity index (χ1n) is 5.23. The van der Waals surface area contributed by atoms with Gasteiger partial charge in [0.25, 0.3) is 0 Å². The zero-order valence-corrected chi connectivity index (χ0v) is 14.6. The molecule has 3 N–H and O–H groups in total. The Hall–Kier alpha value is -0.600. The number of carbonyl (C=O) groups excluding carboxylic acids is 1. The molecule has 1 unspecified atom stereocenters. The lowest BCUT2D eigenvalue weighted by Gasteiger charge is -2.14. The van der Waals surface area contributed by atoms with Gasteiger partial charge in [0.1, 0.15) is 0 Å². The molecule has 1 atom stereocenters. The SMILES string of the molecule is CC(CC(=O)O)NC(=O)Nc1c(Br)cc(Br)cc1Br. The Labute approximate surface area is 135 Å². The zero-order valence-electron chi connectivity index (χ0n) is 9.84. The van der Waals surface area contributed by atoms with Gasteiger partial charge in [0.15, 0.2) is 0 Å². The van der Waals surface area contributed by atoms with Crippen LogP contribution in [0, 0.1) is 0 Å². The number of carbonyl (C=O) groups is 2. The summed E-state index contributed by atoms with van der Waals surface area (Å²) in [6, 6.07) is 2.67. The Balaban J connectivity index is 2.70. The van der Waals surface area contributed by atoms with Gasteiger partial charge in [-0.25, -0.2) is 4.79 Å². The number of amides is 2. The van der Waals surface area contributed by atoms with E-state index in [1.165, 1.54) is 0 Å². The van der Waals surface area contributed by atoms with Crippen LogP contribution < -0.4 is 10.6 Å². The van der Waals surface area contributed by atoms with E-state index in [1.54, 1.807) is 19.1 Å². The summed E-state index contributed by atoms with van der Waals surface area (Å²) >= 11 is 10.00. The van der Waals surface area contributed by atoms with E-state index in [4.69, 9.17) is 5.11 Å². The van der Waals surface area contributed by atoms with Crippen LogP contribution in [0.5, 0.6) is 0 Å². The fraction of sp³-hybridized carbons (Fsp3) is 0.273. The number of rotatable bonds is 4. The molecule has 0 saturated heterocycles. The van der Waals surface area contributed by atoms with Gasteiger partial charge in [0.2, 0.25) is 0 Å². The minimum absolute atomic E-state index is 0.129. The highest BCUT2D eigenvalue weighted by molar-refractivity contribution is 9.11. The van der Waals surface area contributed by atoms with E-state index in [1.807, 2.05) is 0 Å². The largest absolute Gasteiger partial charge is 0.481 e. The molecule has 19 heavy (non-hydrogen) atoms. The maximum Gasteiger partial charge on any atom is 0.319 e. The van der Waals surface area contributed by atoms with Crippen LogP contribution in [0.25, 0.3) is 0 Å². The number of anilines is 1. The molecular weight excluding hydrogens is 448 g/mol. The van der Waals surface area contributed by atoms with Gasteiger partial charge in [-0.3, -0.25) is 4.79 Å². The quantitative estimate of drug-likeness (QED) is 0.639. The van der Waals surface area contributed by atoms with Crippen molar-refractivity contribution in [2.45, 2.75) is 19.4 Å². The Morgan fingerprint density at radius 2 is 1.79 bits per heavy atom. The van der Waals surface area contributed by atoms with E-state index in [2.05, 4.69) is 58.4 Å². The molecule has 2 amide bonds. The normalized spacial score (nSPS) is 11.8. The van der Waals surface area contributed by atoms with Gasteiger partial charge in [0, 0.05) is 19.5 Å². The molecule has 5 nitrogen and oxygen atoms in total. The van der Waals surface area contributed by atoms with Gasteiger partial charge in [-0.1, -0.05) is 15.9 Å². The van der Waals surface area contributed by atoms with Crippen molar-refractivity contribution in [1.82, 2.24) is 5.32 Å². The van der Waals surface area contributed by atoms with Crippen molar-refractivity contribution in [3.63, 3.8) is 0 Å². The third kappa shape index (κ3) is 5.50. The van der Waals surface area contributed by atoms with Crippen LogP contribution in [-0.4, -0.2) is 23.1 Å². The molecule has 8 heteroatoms. The standard InChI is InChI=1S/C11H11Br3N2O3/c1-5(2-9(17)18)15-11(19)16-10-7(13)3-6(12)4-8(10)14/h3-5H,2H2,1H3,(H,17,18)(H2,15,16,19). The molecule has 0 saturated carbocycles. The van der Waals surface area contributed by atoms with Crippen molar-refractivity contribution in [3.05, 3.63) is 25.6 Å². The molecule has 1 rings (SSSR count). The number of hydrogen-bond acceptors (Lipinski definition) is 2. The number of urea groups is 1. The number of hydrogen-bond donors (Lipinski definition) is 3. The Bertz CT molecular complexity index is 485. The second-order valence-corrected chi connectivity index (χ2v) is 6.47. The third-order valence-corrected chi connectivity index (χ3v) is 3.81. The van der Waals surface area contributed by atoms with E-state index in [0.29, 0.717) is 14.6 Å². The third-order valence-electron chi connectivity index (χ3n) is 2.10. The van der Waals surface area contributed by atoms with Crippen LogP contribution in [-0.2, 0) is 4.79 Å². The van der Waals surface area contributed by atoms with Crippen molar-refractivity contribution in [1.29, 1.82) is 0 Å². The van der Waals surface area contributed by atoms with E-state index in [9.17, 15) is 9.59 Å². The lowest BCUT2D eigenvalue weighted by molar-refractivity contribution is -0.137. The van der Waals surface area contributed by atoms with Gasteiger partial charge in [0.05, 0.1) is 12.1 Å². The summed E-state index contributed by atoms with van der Waals surface area (Å²) in [4.78, 5) is 22.2. The second-order valence-electron chi connectivity index (χ2n) is 3.84. The molecule has 0 radical (unpaired) electrons. The van der Waals surface area contributed by atoms with Gasteiger partial charge in [-0.15, -0.1) is 0 Å². The predicted octanol–water partition coefficient (Wildman–Crippen LogP) is 3.96. The Kier molecular flexibility index (Phi) is 6.28. The number of carboxylic acid groups (broad SMARTS) is 1. The molecule has 0 heterocycles. The average Bonchev–Trinajstić information content (AvgIpc) is 2.21. The molecule has 0 aliphatic carbocycles. The lowest BCUT2D eigenvalue weighted by Crippen LogP contribution is -2.37. The van der Waals surface area contributed by atoms with Crippen LogP contribution >= 0.6 is 47.8 Å². The van der Waals surface area contributed by atoms with Gasteiger partial charge < -0.3 is 15.7 Å². The summed E-state index contributed by atoms with van der Waals surface area (Å²) in [5.41, 5.74) is 0.572. The van der Waals surface area contributed by atoms with E-state index in [-0.39, 0.29) is 6.42 Å². The fourth-order valence-electron chi connectivity index (χ4n) is 1.35. The number of halogens is 3. The van der Waals surface area contributed by atoms with Crippen molar-refractivity contribution in [2.24, 2.45) is 0 Å². The molecule has 0 fully saturated rings. The molecule has 104 valence electrons. The summed E-state index contributed by atoms with van der Waals surface area (Å²) in [5.74, 6) is -0.959. The highest BCUT2D eigenvalue weighted by atomic mass is 79.9. The van der Waals surface area contributed by atoms with Crippen molar-refractivity contribution in [2.75, 3.05) is 5.32 Å². The second kappa shape index (κ2) is 7.25. The summed E-state index contributed by atoms with van der Waals surface area (Å²) in [7, 11) is 0. The average molecular weight is 459 g/mol. The number of aliphatic carboxylic acids is 1. The summed E-state index contributed by atoms with van der Waals surface area (Å²) in [6.45, 7) is 1.62. The predicted molar refractivity (Wildman–Crippen MR) is 83.4 cm³/mol. The van der Waals surface area contributed by atoms with E-state index >= 15 is 0 Å². The van der Waals surface area contributed by atoms with Gasteiger partial charge in [-0.05, 0) is 50.9 Å². The summed E-state index contributed by atoms with van der Waals surface area (Å²) in [6.07, 6.45) is -0.129. The lowest BCUT2D eigenvalue weighted by atomic mass is 10.2.